The van der Waals surface area contributed by atoms with Gasteiger partial charge in [0.15, 0.2) is 6.10 Å². The Hall–Kier alpha value is -0.460. The molecule has 7 heteroatoms. The predicted octanol–water partition coefficient (Wildman–Crippen LogP) is -2.21. The minimum atomic E-state index is -0.969. The van der Waals surface area contributed by atoms with Crippen molar-refractivity contribution in [2.45, 2.75) is 31.1 Å². The monoisotopic (exact) mass is 299 g/mol. The standard InChI is InChI=1S/C11H21NO4S.ClH/c1-5-9(17)11(15)16-8(6-10(13)14)7-12(2,3)4;/h8-9H,5-7H2,1-4H3,(H-,13,14,17);1H. The number of ether oxygens (including phenoxy) is 1. The summed E-state index contributed by atoms with van der Waals surface area (Å²) in [6.45, 7) is 2.28. The van der Waals surface area contributed by atoms with Crippen LogP contribution < -0.4 is 12.4 Å². The normalized spacial score (nSPS) is 14.3. The van der Waals surface area contributed by atoms with E-state index in [4.69, 9.17) is 9.84 Å². The first kappa shape index (κ1) is 19.9. The van der Waals surface area contributed by atoms with Crippen LogP contribution in [0.3, 0.4) is 0 Å². The van der Waals surface area contributed by atoms with Crippen molar-refractivity contribution in [1.29, 1.82) is 0 Å². The predicted molar refractivity (Wildman–Crippen MR) is 68.1 cm³/mol. The Labute approximate surface area is 120 Å². The van der Waals surface area contributed by atoms with Crippen molar-refractivity contribution in [1.82, 2.24) is 0 Å². The Kier molecular flexibility index (Phi) is 9.50. The van der Waals surface area contributed by atoms with Gasteiger partial charge in [0.2, 0.25) is 0 Å². The number of quaternary nitrogens is 1. The molecule has 0 saturated carbocycles. The lowest BCUT2D eigenvalue weighted by atomic mass is 10.2. The molecule has 0 amide bonds. The zero-order valence-electron chi connectivity index (χ0n) is 11.2. The molecular weight excluding hydrogens is 278 g/mol. The van der Waals surface area contributed by atoms with E-state index in [2.05, 4.69) is 12.6 Å². The van der Waals surface area contributed by atoms with Gasteiger partial charge in [-0.25, -0.2) is 0 Å². The molecule has 0 aliphatic heterocycles. The highest BCUT2D eigenvalue weighted by Crippen LogP contribution is 2.10. The first-order valence-electron chi connectivity index (χ1n) is 5.56. The number of likely N-dealkylation sites (N-methyl/N-ethyl adjacent to an activating group) is 1. The molecule has 0 saturated heterocycles. The van der Waals surface area contributed by atoms with Gasteiger partial charge in [-0.2, -0.15) is 12.6 Å². The van der Waals surface area contributed by atoms with Gasteiger partial charge in [0, 0.05) is 0 Å². The largest absolute Gasteiger partial charge is 1.00 e. The van der Waals surface area contributed by atoms with Gasteiger partial charge in [-0.15, -0.1) is 0 Å². The van der Waals surface area contributed by atoms with Crippen LogP contribution in [0.2, 0.25) is 0 Å². The summed E-state index contributed by atoms with van der Waals surface area (Å²) in [7, 11) is 5.75. The molecule has 2 unspecified atom stereocenters. The minimum Gasteiger partial charge on any atom is -1.00 e. The number of hydrogen-bond donors (Lipinski definition) is 2. The zero-order chi connectivity index (χ0) is 13.6. The van der Waals surface area contributed by atoms with Crippen LogP contribution in [0.1, 0.15) is 19.8 Å². The summed E-state index contributed by atoms with van der Waals surface area (Å²) in [5, 5.41) is 8.28. The molecule has 0 spiro atoms. The molecule has 0 aromatic carbocycles. The van der Waals surface area contributed by atoms with Crippen molar-refractivity contribution in [2.24, 2.45) is 0 Å². The number of aliphatic carboxylic acids is 1. The van der Waals surface area contributed by atoms with E-state index in [-0.39, 0.29) is 18.8 Å². The van der Waals surface area contributed by atoms with E-state index in [0.717, 1.165) is 0 Å². The fourth-order valence-electron chi connectivity index (χ4n) is 1.36. The van der Waals surface area contributed by atoms with E-state index >= 15 is 0 Å². The first-order valence-corrected chi connectivity index (χ1v) is 6.08. The van der Waals surface area contributed by atoms with Crippen molar-refractivity contribution in [3.05, 3.63) is 0 Å². The number of carboxylic acid groups (broad SMARTS) is 1. The van der Waals surface area contributed by atoms with Gasteiger partial charge in [0.05, 0.1) is 32.8 Å². The van der Waals surface area contributed by atoms with Crippen LogP contribution in [0.5, 0.6) is 0 Å². The van der Waals surface area contributed by atoms with Crippen LogP contribution in [0, 0.1) is 0 Å². The molecule has 108 valence electrons. The highest BCUT2D eigenvalue weighted by Gasteiger charge is 2.26. The topological polar surface area (TPSA) is 63.6 Å². The van der Waals surface area contributed by atoms with Gasteiger partial charge in [0.25, 0.3) is 0 Å². The number of hydrogen-bond acceptors (Lipinski definition) is 4. The van der Waals surface area contributed by atoms with E-state index in [0.29, 0.717) is 17.4 Å². The summed E-state index contributed by atoms with van der Waals surface area (Å²) >= 11 is 4.07. The fraction of sp³-hybridized carbons (Fsp3) is 0.818. The van der Waals surface area contributed by atoms with Crippen molar-refractivity contribution < 1.29 is 36.3 Å². The second-order valence-corrected chi connectivity index (χ2v) is 5.68. The molecular formula is C11H22ClNO4S. The van der Waals surface area contributed by atoms with Crippen molar-refractivity contribution >= 4 is 24.6 Å². The van der Waals surface area contributed by atoms with Crippen molar-refractivity contribution in [2.75, 3.05) is 27.7 Å². The molecule has 1 N–H and O–H groups in total. The maximum atomic E-state index is 11.6. The number of carboxylic acids is 1. The molecule has 0 aromatic heterocycles. The third-order valence-corrected chi connectivity index (χ3v) is 2.67. The van der Waals surface area contributed by atoms with Crippen LogP contribution >= 0.6 is 12.6 Å². The lowest BCUT2D eigenvalue weighted by molar-refractivity contribution is -0.873. The summed E-state index contributed by atoms with van der Waals surface area (Å²) in [4.78, 5) is 22.3. The van der Waals surface area contributed by atoms with Crippen LogP contribution in [0.15, 0.2) is 0 Å². The Balaban J connectivity index is 0. The Bertz CT molecular complexity index is 281. The summed E-state index contributed by atoms with van der Waals surface area (Å²) in [6.07, 6.45) is -0.224. The summed E-state index contributed by atoms with van der Waals surface area (Å²) in [5.41, 5.74) is 0. The highest BCUT2D eigenvalue weighted by molar-refractivity contribution is 7.81. The number of halogens is 1. The van der Waals surface area contributed by atoms with Crippen LogP contribution in [0.25, 0.3) is 0 Å². The molecule has 0 rings (SSSR count). The highest BCUT2D eigenvalue weighted by atomic mass is 35.5. The Morgan fingerprint density at radius 1 is 1.33 bits per heavy atom. The first-order chi connectivity index (χ1) is 7.65. The third kappa shape index (κ3) is 9.56. The second-order valence-electron chi connectivity index (χ2n) is 5.05. The summed E-state index contributed by atoms with van der Waals surface area (Å²) in [5.74, 6) is -1.42. The summed E-state index contributed by atoms with van der Waals surface area (Å²) < 4.78 is 5.71. The van der Waals surface area contributed by atoms with E-state index in [1.807, 2.05) is 28.1 Å². The molecule has 0 aliphatic carbocycles. The lowest BCUT2D eigenvalue weighted by Crippen LogP contribution is -3.00. The van der Waals surface area contributed by atoms with Gasteiger partial charge < -0.3 is 26.7 Å². The number of carbonyl (C=O) groups is 2. The van der Waals surface area contributed by atoms with Crippen molar-refractivity contribution in [3.63, 3.8) is 0 Å². The van der Waals surface area contributed by atoms with E-state index in [1.54, 1.807) is 0 Å². The quantitative estimate of drug-likeness (QED) is 0.318. The SMILES string of the molecule is CCC(S)C(=O)OC(CC(=O)O)C[N+](C)(C)C.[Cl-]. The number of thiol groups is 1. The molecule has 0 aliphatic rings. The van der Waals surface area contributed by atoms with Crippen molar-refractivity contribution in [3.8, 4) is 0 Å². The molecule has 0 radical (unpaired) electrons. The molecule has 0 fully saturated rings. The van der Waals surface area contributed by atoms with Crippen LogP contribution in [0.4, 0.5) is 0 Å². The van der Waals surface area contributed by atoms with E-state index in [9.17, 15) is 9.59 Å². The molecule has 18 heavy (non-hydrogen) atoms. The lowest BCUT2D eigenvalue weighted by Gasteiger charge is -2.28. The summed E-state index contributed by atoms with van der Waals surface area (Å²) in [6, 6.07) is 0. The fourth-order valence-corrected chi connectivity index (χ4v) is 1.42. The average molecular weight is 300 g/mol. The molecule has 5 nitrogen and oxygen atoms in total. The van der Waals surface area contributed by atoms with Gasteiger partial charge in [-0.05, 0) is 6.42 Å². The Morgan fingerprint density at radius 2 is 1.83 bits per heavy atom. The van der Waals surface area contributed by atoms with E-state index < -0.39 is 23.3 Å². The molecule has 0 bridgehead atoms. The number of carbonyl (C=O) groups excluding carboxylic acids is 1. The van der Waals surface area contributed by atoms with Gasteiger partial charge >= 0.3 is 11.9 Å². The average Bonchev–Trinajstić information content (AvgIpc) is 2.12. The smallest absolute Gasteiger partial charge is 0.319 e. The van der Waals surface area contributed by atoms with Gasteiger partial charge in [-0.3, -0.25) is 9.59 Å². The van der Waals surface area contributed by atoms with Crippen LogP contribution in [-0.2, 0) is 14.3 Å². The number of nitrogens with zero attached hydrogens (tertiary/aromatic N) is 1. The maximum absolute atomic E-state index is 11.6. The van der Waals surface area contributed by atoms with E-state index in [1.165, 1.54) is 0 Å². The van der Waals surface area contributed by atoms with Crippen LogP contribution in [-0.4, -0.2) is 60.6 Å². The third-order valence-electron chi connectivity index (χ3n) is 2.10. The zero-order valence-corrected chi connectivity index (χ0v) is 12.9. The minimum absolute atomic E-state index is 0. The number of rotatable bonds is 7. The van der Waals surface area contributed by atoms with Gasteiger partial charge in [-0.1, -0.05) is 6.92 Å². The second kappa shape index (κ2) is 8.61. The molecule has 0 heterocycles. The number of esters is 1. The molecule has 0 aromatic rings. The molecule has 2 atom stereocenters. The van der Waals surface area contributed by atoms with Gasteiger partial charge in [0.1, 0.15) is 6.54 Å². The maximum Gasteiger partial charge on any atom is 0.319 e. The Morgan fingerprint density at radius 3 is 2.17 bits per heavy atom.